The number of rotatable bonds is 8. The van der Waals surface area contributed by atoms with Crippen LogP contribution in [0.15, 0.2) is 30.3 Å². The molecular formula is C16H28N2. The Kier molecular flexibility index (Phi) is 6.81. The van der Waals surface area contributed by atoms with Crippen LogP contribution in [-0.2, 0) is 0 Å². The summed E-state index contributed by atoms with van der Waals surface area (Å²) in [7, 11) is 2.18. The van der Waals surface area contributed by atoms with Crippen LogP contribution in [0.25, 0.3) is 0 Å². The van der Waals surface area contributed by atoms with Crippen molar-refractivity contribution in [3.05, 3.63) is 30.3 Å². The molecule has 0 unspecified atom stereocenters. The molecule has 0 heterocycles. The second-order valence-electron chi connectivity index (χ2n) is 5.24. The monoisotopic (exact) mass is 248 g/mol. The molecule has 0 atom stereocenters. The molecule has 0 spiro atoms. The number of hydrogen-bond donors (Lipinski definition) is 0. The van der Waals surface area contributed by atoms with Crippen molar-refractivity contribution in [3.63, 3.8) is 0 Å². The highest BCUT2D eigenvalue weighted by Crippen LogP contribution is 2.11. The average molecular weight is 248 g/mol. The molecule has 0 saturated heterocycles. The highest BCUT2D eigenvalue weighted by Gasteiger charge is 2.08. The molecule has 0 aliphatic carbocycles. The fourth-order valence-corrected chi connectivity index (χ4v) is 2.24. The second kappa shape index (κ2) is 8.15. The largest absolute Gasteiger partial charge is 0.375 e. The lowest BCUT2D eigenvalue weighted by Gasteiger charge is -2.27. The average Bonchev–Trinajstić information content (AvgIpc) is 2.38. The minimum Gasteiger partial charge on any atom is -0.375 e. The van der Waals surface area contributed by atoms with Crippen molar-refractivity contribution in [2.24, 2.45) is 0 Å². The summed E-state index contributed by atoms with van der Waals surface area (Å²) in [4.78, 5) is 4.91. The van der Waals surface area contributed by atoms with Gasteiger partial charge in [0.1, 0.15) is 0 Å². The molecule has 102 valence electrons. The Bertz CT molecular complexity index is 308. The lowest BCUT2D eigenvalue weighted by atomic mass is 10.2. The summed E-state index contributed by atoms with van der Waals surface area (Å²) in [5.74, 6) is 0. The summed E-state index contributed by atoms with van der Waals surface area (Å²) >= 11 is 0. The van der Waals surface area contributed by atoms with Crippen molar-refractivity contribution in [2.75, 3.05) is 31.6 Å². The van der Waals surface area contributed by atoms with Crippen LogP contribution in [-0.4, -0.2) is 37.6 Å². The number of anilines is 1. The molecule has 0 N–H and O–H groups in total. The van der Waals surface area contributed by atoms with Crippen LogP contribution < -0.4 is 4.90 Å². The quantitative estimate of drug-likeness (QED) is 0.693. The Morgan fingerprint density at radius 2 is 1.67 bits per heavy atom. The van der Waals surface area contributed by atoms with Crippen LogP contribution in [0.1, 0.15) is 33.6 Å². The topological polar surface area (TPSA) is 6.48 Å². The van der Waals surface area contributed by atoms with Crippen LogP contribution in [0.5, 0.6) is 0 Å². The summed E-state index contributed by atoms with van der Waals surface area (Å²) in [6, 6.07) is 11.3. The first-order valence-electron chi connectivity index (χ1n) is 7.15. The first-order chi connectivity index (χ1) is 8.65. The van der Waals surface area contributed by atoms with Crippen molar-refractivity contribution >= 4 is 5.69 Å². The minimum atomic E-state index is 0.659. The highest BCUT2D eigenvalue weighted by atomic mass is 15.2. The van der Waals surface area contributed by atoms with E-state index < -0.39 is 0 Å². The van der Waals surface area contributed by atoms with E-state index in [1.54, 1.807) is 0 Å². The lowest BCUT2D eigenvalue weighted by molar-refractivity contribution is 0.220. The Balaban J connectivity index is 2.32. The molecule has 0 saturated carbocycles. The van der Waals surface area contributed by atoms with Gasteiger partial charge in [0, 0.05) is 31.9 Å². The number of para-hydroxylation sites is 1. The minimum absolute atomic E-state index is 0.659. The third kappa shape index (κ3) is 5.09. The summed E-state index contributed by atoms with van der Waals surface area (Å²) < 4.78 is 0. The highest BCUT2D eigenvalue weighted by molar-refractivity contribution is 5.44. The van der Waals surface area contributed by atoms with Crippen LogP contribution in [0, 0.1) is 0 Å². The summed E-state index contributed by atoms with van der Waals surface area (Å²) in [6.45, 7) is 10.4. The van der Waals surface area contributed by atoms with E-state index >= 15 is 0 Å². The van der Waals surface area contributed by atoms with Gasteiger partial charge in [0.05, 0.1) is 0 Å². The van der Waals surface area contributed by atoms with Gasteiger partial charge in [-0.05, 0) is 45.4 Å². The molecule has 0 radical (unpaired) electrons. The molecule has 1 rings (SSSR count). The Morgan fingerprint density at radius 3 is 2.22 bits per heavy atom. The van der Waals surface area contributed by atoms with Gasteiger partial charge in [0.25, 0.3) is 0 Å². The normalized spacial score (nSPS) is 11.2. The zero-order valence-electron chi connectivity index (χ0n) is 12.4. The van der Waals surface area contributed by atoms with E-state index in [-0.39, 0.29) is 0 Å². The van der Waals surface area contributed by atoms with Crippen LogP contribution >= 0.6 is 0 Å². The zero-order chi connectivity index (χ0) is 13.4. The smallest absolute Gasteiger partial charge is 0.0363 e. The van der Waals surface area contributed by atoms with Crippen LogP contribution in [0.4, 0.5) is 5.69 Å². The molecule has 0 aliphatic heterocycles. The van der Waals surface area contributed by atoms with E-state index in [1.165, 1.54) is 31.6 Å². The molecule has 1 aromatic carbocycles. The van der Waals surface area contributed by atoms with E-state index in [1.807, 2.05) is 0 Å². The maximum Gasteiger partial charge on any atom is 0.0363 e. The predicted molar refractivity (Wildman–Crippen MR) is 81.3 cm³/mol. The molecular weight excluding hydrogens is 220 g/mol. The Labute approximate surface area is 113 Å². The molecule has 2 heteroatoms. The van der Waals surface area contributed by atoms with E-state index in [9.17, 15) is 0 Å². The van der Waals surface area contributed by atoms with Gasteiger partial charge in [-0.1, -0.05) is 25.1 Å². The number of nitrogens with zero attached hydrogens (tertiary/aromatic N) is 2. The third-order valence-electron chi connectivity index (χ3n) is 3.38. The molecule has 18 heavy (non-hydrogen) atoms. The second-order valence-corrected chi connectivity index (χ2v) is 5.24. The Morgan fingerprint density at radius 1 is 1.00 bits per heavy atom. The third-order valence-corrected chi connectivity index (χ3v) is 3.38. The molecule has 2 nitrogen and oxygen atoms in total. The van der Waals surface area contributed by atoms with Crippen molar-refractivity contribution < 1.29 is 0 Å². The van der Waals surface area contributed by atoms with E-state index in [2.05, 4.69) is 68.0 Å². The summed E-state index contributed by atoms with van der Waals surface area (Å²) in [6.07, 6.45) is 2.47. The van der Waals surface area contributed by atoms with Gasteiger partial charge in [-0.15, -0.1) is 0 Å². The van der Waals surface area contributed by atoms with Gasteiger partial charge in [-0.3, -0.25) is 0 Å². The predicted octanol–water partition coefficient (Wildman–Crippen LogP) is 3.63. The maximum atomic E-state index is 2.57. The Hall–Kier alpha value is -1.02. The van der Waals surface area contributed by atoms with E-state index in [0.717, 1.165) is 6.54 Å². The summed E-state index contributed by atoms with van der Waals surface area (Å²) in [5.41, 5.74) is 1.31. The first kappa shape index (κ1) is 15.0. The van der Waals surface area contributed by atoms with Gasteiger partial charge in [0.15, 0.2) is 0 Å². The molecule has 0 aliphatic rings. The lowest BCUT2D eigenvalue weighted by Crippen LogP contribution is -2.34. The van der Waals surface area contributed by atoms with Crippen molar-refractivity contribution in [2.45, 2.75) is 39.7 Å². The molecule has 1 aromatic rings. The van der Waals surface area contributed by atoms with Gasteiger partial charge in [-0.2, -0.15) is 0 Å². The molecule has 0 bridgehead atoms. The van der Waals surface area contributed by atoms with E-state index in [4.69, 9.17) is 0 Å². The van der Waals surface area contributed by atoms with Gasteiger partial charge in [0.2, 0.25) is 0 Å². The van der Waals surface area contributed by atoms with Gasteiger partial charge < -0.3 is 9.80 Å². The fraction of sp³-hybridized carbons (Fsp3) is 0.625. The number of hydrogen-bond acceptors (Lipinski definition) is 2. The van der Waals surface area contributed by atoms with Gasteiger partial charge in [-0.25, -0.2) is 0 Å². The standard InChI is InChI=1S/C16H28N2/c1-5-12-18(15(2)3)14-9-13-17(4)16-10-7-6-8-11-16/h6-8,10-11,15H,5,9,12-14H2,1-4H3. The van der Waals surface area contributed by atoms with Gasteiger partial charge >= 0.3 is 0 Å². The van der Waals surface area contributed by atoms with Crippen molar-refractivity contribution in [1.29, 1.82) is 0 Å². The fourth-order valence-electron chi connectivity index (χ4n) is 2.24. The maximum absolute atomic E-state index is 2.57. The van der Waals surface area contributed by atoms with E-state index in [0.29, 0.717) is 6.04 Å². The van der Waals surface area contributed by atoms with Crippen molar-refractivity contribution in [3.8, 4) is 0 Å². The SMILES string of the molecule is CCCN(CCCN(C)c1ccccc1)C(C)C. The first-order valence-corrected chi connectivity index (χ1v) is 7.15. The van der Waals surface area contributed by atoms with Crippen molar-refractivity contribution in [1.82, 2.24) is 4.90 Å². The molecule has 0 fully saturated rings. The zero-order valence-corrected chi connectivity index (χ0v) is 12.4. The van der Waals surface area contributed by atoms with Crippen LogP contribution in [0.3, 0.4) is 0 Å². The van der Waals surface area contributed by atoms with Crippen LogP contribution in [0.2, 0.25) is 0 Å². The molecule has 0 aromatic heterocycles. The molecule has 0 amide bonds. The summed E-state index contributed by atoms with van der Waals surface area (Å²) in [5, 5.41) is 0. The number of benzene rings is 1.